The first-order valence-electron chi connectivity index (χ1n) is 13.6. The van der Waals surface area contributed by atoms with E-state index in [1.165, 1.54) is 0 Å². The molecule has 7 heteroatoms. The fraction of sp³-hybridized carbons (Fsp3) is 0.303. The van der Waals surface area contributed by atoms with Crippen molar-refractivity contribution in [3.05, 3.63) is 104 Å². The fourth-order valence-electron chi connectivity index (χ4n) is 4.97. The van der Waals surface area contributed by atoms with E-state index in [1.807, 2.05) is 44.2 Å². The summed E-state index contributed by atoms with van der Waals surface area (Å²) in [5, 5.41) is 0.434. The molecule has 7 nitrogen and oxygen atoms in total. The Labute approximate surface area is 233 Å². The van der Waals surface area contributed by atoms with Crippen molar-refractivity contribution in [1.29, 1.82) is 0 Å². The second-order valence-corrected chi connectivity index (χ2v) is 10.6. The summed E-state index contributed by atoms with van der Waals surface area (Å²) in [6.45, 7) is 10.7. The van der Waals surface area contributed by atoms with Crippen LogP contribution in [0.5, 0.6) is 5.75 Å². The second-order valence-electron chi connectivity index (χ2n) is 10.6. The van der Waals surface area contributed by atoms with Crippen LogP contribution in [0.1, 0.15) is 76.4 Å². The quantitative estimate of drug-likeness (QED) is 0.230. The smallest absolute Gasteiger partial charge is 0.338 e. The van der Waals surface area contributed by atoms with Crippen molar-refractivity contribution in [1.82, 2.24) is 0 Å². The van der Waals surface area contributed by atoms with Gasteiger partial charge in [0.05, 0.1) is 35.8 Å². The predicted octanol–water partition coefficient (Wildman–Crippen LogP) is 6.76. The topological polar surface area (TPSA) is 86.0 Å². The number of fused-ring (bicyclic) bond motifs is 2. The Morgan fingerprint density at radius 2 is 1.73 bits per heavy atom. The van der Waals surface area contributed by atoms with Gasteiger partial charge in [0.1, 0.15) is 11.3 Å². The summed E-state index contributed by atoms with van der Waals surface area (Å²) in [6, 6.07) is 17.0. The molecular weight excluding hydrogens is 506 g/mol. The fourth-order valence-corrected chi connectivity index (χ4v) is 4.97. The Hall–Kier alpha value is -4.39. The number of aryl methyl sites for hydroxylation is 2. The van der Waals surface area contributed by atoms with Crippen molar-refractivity contribution in [3.63, 3.8) is 0 Å². The number of rotatable bonds is 8. The number of carbonyl (C=O) groups is 2. The van der Waals surface area contributed by atoms with Crippen molar-refractivity contribution < 1.29 is 23.5 Å². The molecule has 0 fully saturated rings. The van der Waals surface area contributed by atoms with E-state index in [0.29, 0.717) is 40.5 Å². The maximum Gasteiger partial charge on any atom is 0.338 e. The molecule has 206 valence electrons. The SMILES string of the molecule is CCOC(=O)c1ccc(N2C(=O)c3oc4cc(C)c(C)cc4c(=O)c3C2c2cccc(OCCC(C)C)c2)cc1. The molecule has 1 amide bonds. The van der Waals surface area contributed by atoms with Crippen molar-refractivity contribution in [3.8, 4) is 5.75 Å². The number of hydrogen-bond donors (Lipinski definition) is 0. The molecule has 1 aliphatic heterocycles. The van der Waals surface area contributed by atoms with Gasteiger partial charge in [-0.3, -0.25) is 14.5 Å². The summed E-state index contributed by atoms with van der Waals surface area (Å²) >= 11 is 0. The molecule has 1 aromatic heterocycles. The molecule has 0 N–H and O–H groups in total. The maximum absolute atomic E-state index is 14.0. The van der Waals surface area contributed by atoms with Gasteiger partial charge >= 0.3 is 5.97 Å². The van der Waals surface area contributed by atoms with Gasteiger partial charge in [-0.1, -0.05) is 26.0 Å². The number of esters is 1. The molecule has 1 unspecified atom stereocenters. The van der Waals surface area contributed by atoms with Gasteiger partial charge in [0.25, 0.3) is 5.91 Å². The molecule has 1 aliphatic rings. The lowest BCUT2D eigenvalue weighted by atomic mass is 9.97. The van der Waals surface area contributed by atoms with Crippen molar-refractivity contribution in [2.45, 2.75) is 47.1 Å². The van der Waals surface area contributed by atoms with Gasteiger partial charge in [0.2, 0.25) is 5.76 Å². The van der Waals surface area contributed by atoms with Crippen LogP contribution in [0.2, 0.25) is 0 Å². The van der Waals surface area contributed by atoms with Gasteiger partial charge < -0.3 is 13.9 Å². The summed E-state index contributed by atoms with van der Waals surface area (Å²) in [4.78, 5) is 41.7. The minimum Gasteiger partial charge on any atom is -0.494 e. The largest absolute Gasteiger partial charge is 0.494 e. The first-order valence-corrected chi connectivity index (χ1v) is 13.6. The normalized spacial score (nSPS) is 14.6. The number of nitrogens with zero attached hydrogens (tertiary/aromatic N) is 1. The number of amides is 1. The van der Waals surface area contributed by atoms with E-state index in [2.05, 4.69) is 13.8 Å². The summed E-state index contributed by atoms with van der Waals surface area (Å²) in [7, 11) is 0. The van der Waals surface area contributed by atoms with E-state index in [9.17, 15) is 14.4 Å². The molecule has 3 aromatic carbocycles. The highest BCUT2D eigenvalue weighted by Crippen LogP contribution is 2.42. The van der Waals surface area contributed by atoms with Crippen molar-refractivity contribution >= 4 is 28.5 Å². The molecular formula is C33H33NO6. The highest BCUT2D eigenvalue weighted by Gasteiger charge is 2.44. The highest BCUT2D eigenvalue weighted by molar-refractivity contribution is 6.11. The monoisotopic (exact) mass is 539 g/mol. The molecule has 5 rings (SSSR count). The Morgan fingerprint density at radius 1 is 1.00 bits per heavy atom. The first-order chi connectivity index (χ1) is 19.2. The summed E-state index contributed by atoms with van der Waals surface area (Å²) in [6.07, 6.45) is 0.905. The van der Waals surface area contributed by atoms with Crippen molar-refractivity contribution in [2.75, 3.05) is 18.1 Å². The molecule has 0 bridgehead atoms. The van der Waals surface area contributed by atoms with Gasteiger partial charge in [0.15, 0.2) is 5.43 Å². The number of carbonyl (C=O) groups excluding carboxylic acids is 2. The first kappa shape index (κ1) is 27.2. The highest BCUT2D eigenvalue weighted by atomic mass is 16.5. The van der Waals surface area contributed by atoms with Crippen LogP contribution >= 0.6 is 0 Å². The molecule has 0 spiro atoms. The second kappa shape index (κ2) is 11.0. The molecule has 0 saturated carbocycles. The Kier molecular flexibility index (Phi) is 7.48. The number of benzene rings is 3. The van der Waals surface area contributed by atoms with Crippen LogP contribution < -0.4 is 15.1 Å². The molecule has 0 saturated heterocycles. The van der Waals surface area contributed by atoms with Gasteiger partial charge in [-0.15, -0.1) is 0 Å². The van der Waals surface area contributed by atoms with Gasteiger partial charge in [0, 0.05) is 5.69 Å². The van der Waals surface area contributed by atoms with E-state index in [-0.39, 0.29) is 23.4 Å². The van der Waals surface area contributed by atoms with E-state index in [4.69, 9.17) is 13.9 Å². The Morgan fingerprint density at radius 3 is 2.42 bits per heavy atom. The average Bonchev–Trinajstić information content (AvgIpc) is 3.22. The lowest BCUT2D eigenvalue weighted by Crippen LogP contribution is -2.29. The van der Waals surface area contributed by atoms with Crippen LogP contribution in [0.3, 0.4) is 0 Å². The van der Waals surface area contributed by atoms with Gasteiger partial charge in [-0.05, 0) is 98.3 Å². The van der Waals surface area contributed by atoms with E-state index in [0.717, 1.165) is 23.1 Å². The Balaban J connectivity index is 1.66. The van der Waals surface area contributed by atoms with Crippen LogP contribution in [0.15, 0.2) is 69.9 Å². The average molecular weight is 540 g/mol. The standard InChI is InChI=1S/C33H33NO6/c1-6-38-33(37)22-10-12-24(13-11-22)34-29(23-8-7-9-25(18-23)39-15-14-19(2)3)28-30(35)26-16-20(4)21(5)17-27(26)40-31(28)32(34)36/h7-13,16-19,29H,6,14-15H2,1-5H3. The zero-order valence-corrected chi connectivity index (χ0v) is 23.4. The maximum atomic E-state index is 14.0. The minimum absolute atomic E-state index is 0.0198. The predicted molar refractivity (Wildman–Crippen MR) is 154 cm³/mol. The third-order valence-electron chi connectivity index (χ3n) is 7.28. The minimum atomic E-state index is -0.744. The van der Waals surface area contributed by atoms with Crippen LogP contribution in [-0.4, -0.2) is 25.1 Å². The van der Waals surface area contributed by atoms with E-state index >= 15 is 0 Å². The van der Waals surface area contributed by atoms with Gasteiger partial charge in [-0.2, -0.15) is 0 Å². The zero-order valence-electron chi connectivity index (χ0n) is 23.4. The van der Waals surface area contributed by atoms with Crippen LogP contribution in [0.4, 0.5) is 5.69 Å². The summed E-state index contributed by atoms with van der Waals surface area (Å²) < 4.78 is 17.3. The molecule has 4 aromatic rings. The molecule has 1 atom stereocenters. The Bertz CT molecular complexity index is 1650. The lowest BCUT2D eigenvalue weighted by Gasteiger charge is -2.25. The van der Waals surface area contributed by atoms with Crippen LogP contribution in [-0.2, 0) is 4.74 Å². The molecule has 2 heterocycles. The number of ether oxygens (including phenoxy) is 2. The third-order valence-corrected chi connectivity index (χ3v) is 7.28. The summed E-state index contributed by atoms with van der Waals surface area (Å²) in [5.74, 6) is 0.314. The molecule has 40 heavy (non-hydrogen) atoms. The summed E-state index contributed by atoms with van der Waals surface area (Å²) in [5.41, 5.74) is 3.98. The van der Waals surface area contributed by atoms with E-state index in [1.54, 1.807) is 42.2 Å². The van der Waals surface area contributed by atoms with Crippen LogP contribution in [0.25, 0.3) is 11.0 Å². The van der Waals surface area contributed by atoms with Crippen LogP contribution in [0, 0.1) is 19.8 Å². The third kappa shape index (κ3) is 4.99. The lowest BCUT2D eigenvalue weighted by molar-refractivity contribution is 0.0526. The number of hydrogen-bond acceptors (Lipinski definition) is 6. The van der Waals surface area contributed by atoms with Crippen molar-refractivity contribution in [2.24, 2.45) is 5.92 Å². The number of anilines is 1. The van der Waals surface area contributed by atoms with E-state index < -0.39 is 17.9 Å². The zero-order chi connectivity index (χ0) is 28.6. The van der Waals surface area contributed by atoms with Gasteiger partial charge in [-0.25, -0.2) is 4.79 Å². The molecule has 0 aliphatic carbocycles. The molecule has 0 radical (unpaired) electrons.